The van der Waals surface area contributed by atoms with Crippen molar-refractivity contribution < 1.29 is 0 Å². The van der Waals surface area contributed by atoms with Crippen LogP contribution in [0.15, 0.2) is 35.1 Å². The highest BCUT2D eigenvalue weighted by Crippen LogP contribution is 2.34. The zero-order chi connectivity index (χ0) is 18.4. The fourth-order valence-electron chi connectivity index (χ4n) is 5.29. The number of halogens is 2. The zero-order valence-corrected chi connectivity index (χ0v) is 18.7. The fraction of sp³-hybridized carbons (Fsp3) is 0.522. The molecular formula is C23H31Cl2N3O. The van der Waals surface area contributed by atoms with Gasteiger partial charge in [0.15, 0.2) is 0 Å². The van der Waals surface area contributed by atoms with Crippen LogP contribution in [0.3, 0.4) is 0 Å². The molecule has 1 aromatic carbocycles. The molecule has 29 heavy (non-hydrogen) atoms. The molecule has 2 fully saturated rings. The molecule has 4 nitrogen and oxygen atoms in total. The second-order valence-electron chi connectivity index (χ2n) is 8.77. The molecule has 0 aliphatic carbocycles. The maximum Gasteiger partial charge on any atom is 0.251 e. The van der Waals surface area contributed by atoms with Gasteiger partial charge in [0.1, 0.15) is 0 Å². The van der Waals surface area contributed by atoms with Gasteiger partial charge in [-0.3, -0.25) is 9.69 Å². The Hall–Kier alpha value is -1.33. The molecule has 158 valence electrons. The Morgan fingerprint density at radius 1 is 1.00 bits per heavy atom. The highest BCUT2D eigenvalue weighted by atomic mass is 35.5. The summed E-state index contributed by atoms with van der Waals surface area (Å²) in [6.45, 7) is 8.50. The van der Waals surface area contributed by atoms with Crippen molar-refractivity contribution in [2.45, 2.75) is 45.2 Å². The van der Waals surface area contributed by atoms with Gasteiger partial charge in [0.2, 0.25) is 0 Å². The van der Waals surface area contributed by atoms with Gasteiger partial charge >= 0.3 is 0 Å². The number of benzene rings is 1. The van der Waals surface area contributed by atoms with Gasteiger partial charge in [0, 0.05) is 37.3 Å². The summed E-state index contributed by atoms with van der Waals surface area (Å²) in [6.07, 6.45) is 3.84. The lowest BCUT2D eigenvalue weighted by Gasteiger charge is -2.37. The Morgan fingerprint density at radius 3 is 2.55 bits per heavy atom. The SMILES string of the molecule is Cc1cc(CN2CCCC2)cc(-c2cc3n(c(=O)c2)C[C@@H]2CNC[C@H]3C2)c1.Cl.Cl. The van der Waals surface area contributed by atoms with Crippen LogP contribution in [-0.2, 0) is 13.1 Å². The van der Waals surface area contributed by atoms with Crippen molar-refractivity contribution in [1.82, 2.24) is 14.8 Å². The maximum atomic E-state index is 12.9. The Balaban J connectivity index is 0.00000120. The van der Waals surface area contributed by atoms with Gasteiger partial charge in [-0.05, 0) is 80.6 Å². The molecular weight excluding hydrogens is 405 g/mol. The number of pyridine rings is 1. The molecule has 2 saturated heterocycles. The minimum absolute atomic E-state index is 0. The normalized spacial score (nSPS) is 23.1. The summed E-state index contributed by atoms with van der Waals surface area (Å²) in [5, 5.41) is 3.54. The Labute approximate surface area is 185 Å². The van der Waals surface area contributed by atoms with Crippen LogP contribution < -0.4 is 10.9 Å². The van der Waals surface area contributed by atoms with Crippen molar-refractivity contribution in [3.63, 3.8) is 0 Å². The van der Waals surface area contributed by atoms with Gasteiger partial charge in [-0.15, -0.1) is 24.8 Å². The smallest absolute Gasteiger partial charge is 0.251 e. The van der Waals surface area contributed by atoms with Gasteiger partial charge in [-0.1, -0.05) is 17.7 Å². The molecule has 0 spiro atoms. The van der Waals surface area contributed by atoms with E-state index in [2.05, 4.69) is 41.4 Å². The number of fused-ring (bicyclic) bond motifs is 4. The van der Waals surface area contributed by atoms with Crippen LogP contribution in [0.5, 0.6) is 0 Å². The van der Waals surface area contributed by atoms with Crippen LogP contribution >= 0.6 is 24.8 Å². The van der Waals surface area contributed by atoms with E-state index in [0.29, 0.717) is 11.8 Å². The van der Waals surface area contributed by atoms with Crippen molar-refractivity contribution in [3.8, 4) is 11.1 Å². The number of hydrogen-bond donors (Lipinski definition) is 1. The number of piperidine rings is 1. The molecule has 0 radical (unpaired) electrons. The first-order valence-corrected chi connectivity index (χ1v) is 10.4. The summed E-state index contributed by atoms with van der Waals surface area (Å²) in [6, 6.07) is 10.9. The molecule has 0 saturated carbocycles. The van der Waals surface area contributed by atoms with E-state index < -0.39 is 0 Å². The predicted octanol–water partition coefficient (Wildman–Crippen LogP) is 3.97. The Kier molecular flexibility index (Phi) is 7.10. The monoisotopic (exact) mass is 435 g/mol. The zero-order valence-electron chi connectivity index (χ0n) is 17.0. The van der Waals surface area contributed by atoms with Gasteiger partial charge in [-0.25, -0.2) is 0 Å². The first-order chi connectivity index (χ1) is 13.2. The predicted molar refractivity (Wildman–Crippen MR) is 124 cm³/mol. The van der Waals surface area contributed by atoms with Gasteiger partial charge in [0.25, 0.3) is 5.56 Å². The molecule has 2 bridgehead atoms. The Morgan fingerprint density at radius 2 is 1.76 bits per heavy atom. The number of aromatic nitrogens is 1. The summed E-state index contributed by atoms with van der Waals surface area (Å²) in [4.78, 5) is 15.4. The maximum absolute atomic E-state index is 12.9. The number of hydrogen-bond acceptors (Lipinski definition) is 3. The van der Waals surface area contributed by atoms with Gasteiger partial charge in [0.05, 0.1) is 0 Å². The van der Waals surface area contributed by atoms with Crippen LogP contribution in [0.25, 0.3) is 11.1 Å². The third-order valence-corrected chi connectivity index (χ3v) is 6.54. The number of rotatable bonds is 3. The van der Waals surface area contributed by atoms with E-state index in [9.17, 15) is 4.79 Å². The van der Waals surface area contributed by atoms with Gasteiger partial charge in [-0.2, -0.15) is 0 Å². The summed E-state index contributed by atoms with van der Waals surface area (Å²) in [5.74, 6) is 1.07. The average Bonchev–Trinajstić information content (AvgIpc) is 3.15. The number of likely N-dealkylation sites (tertiary alicyclic amines) is 1. The van der Waals surface area contributed by atoms with Crippen molar-refractivity contribution in [2.24, 2.45) is 5.92 Å². The summed E-state index contributed by atoms with van der Waals surface area (Å²) in [5.41, 5.74) is 6.31. The number of nitrogens with one attached hydrogen (secondary N) is 1. The van der Waals surface area contributed by atoms with E-state index in [4.69, 9.17) is 0 Å². The average molecular weight is 436 g/mol. The van der Waals surface area contributed by atoms with Crippen LogP contribution in [0, 0.1) is 12.8 Å². The molecule has 1 aromatic heterocycles. The minimum atomic E-state index is 0. The minimum Gasteiger partial charge on any atom is -0.316 e. The third kappa shape index (κ3) is 4.56. The molecule has 0 amide bonds. The first kappa shape index (κ1) is 22.4. The lowest BCUT2D eigenvalue weighted by Crippen LogP contribution is -2.44. The van der Waals surface area contributed by atoms with E-state index in [1.165, 1.54) is 54.7 Å². The molecule has 5 rings (SSSR count). The molecule has 2 aromatic rings. The fourth-order valence-corrected chi connectivity index (χ4v) is 5.29. The van der Waals surface area contributed by atoms with E-state index >= 15 is 0 Å². The third-order valence-electron chi connectivity index (χ3n) is 6.54. The molecule has 4 heterocycles. The van der Waals surface area contributed by atoms with E-state index in [1.54, 1.807) is 0 Å². The first-order valence-electron chi connectivity index (χ1n) is 10.4. The molecule has 1 N–H and O–H groups in total. The van der Waals surface area contributed by atoms with Gasteiger partial charge < -0.3 is 9.88 Å². The quantitative estimate of drug-likeness (QED) is 0.791. The van der Waals surface area contributed by atoms with Crippen molar-refractivity contribution >= 4 is 24.8 Å². The second-order valence-corrected chi connectivity index (χ2v) is 8.77. The van der Waals surface area contributed by atoms with Crippen LogP contribution in [0.2, 0.25) is 0 Å². The number of nitrogens with zero attached hydrogens (tertiary/aromatic N) is 2. The topological polar surface area (TPSA) is 37.3 Å². The molecule has 3 aliphatic rings. The van der Waals surface area contributed by atoms with Crippen LogP contribution in [0.1, 0.15) is 42.0 Å². The summed E-state index contributed by atoms with van der Waals surface area (Å²) < 4.78 is 2.03. The molecule has 2 atom stereocenters. The second kappa shape index (κ2) is 9.22. The van der Waals surface area contributed by atoms with Crippen LogP contribution in [0.4, 0.5) is 0 Å². The van der Waals surface area contributed by atoms with E-state index in [0.717, 1.165) is 31.7 Å². The highest BCUT2D eigenvalue weighted by molar-refractivity contribution is 5.85. The van der Waals surface area contributed by atoms with E-state index in [1.807, 2.05) is 10.6 Å². The van der Waals surface area contributed by atoms with Crippen molar-refractivity contribution in [2.75, 3.05) is 26.2 Å². The largest absolute Gasteiger partial charge is 0.316 e. The lowest BCUT2D eigenvalue weighted by atomic mass is 9.83. The van der Waals surface area contributed by atoms with E-state index in [-0.39, 0.29) is 30.4 Å². The number of aryl methyl sites for hydroxylation is 1. The Bertz CT molecular complexity index is 921. The summed E-state index contributed by atoms with van der Waals surface area (Å²) >= 11 is 0. The van der Waals surface area contributed by atoms with Crippen LogP contribution in [-0.4, -0.2) is 35.6 Å². The van der Waals surface area contributed by atoms with Crippen molar-refractivity contribution in [3.05, 3.63) is 57.5 Å². The molecule has 0 unspecified atom stereocenters. The highest BCUT2D eigenvalue weighted by Gasteiger charge is 2.31. The molecule has 3 aliphatic heterocycles. The standard InChI is InChI=1S/C23H29N3O.2ClH/c1-16-6-17(14-25-4-2-3-5-25)8-19(7-16)20-10-22-21-9-18(12-24-13-21)15-26(22)23(27)11-20;;/h6-8,10-11,18,21,24H,2-5,9,12-15H2,1H3;2*1H/t18-,21+;;/m0../s1. The molecule has 6 heteroatoms. The lowest BCUT2D eigenvalue weighted by molar-refractivity contribution is 0.257. The summed E-state index contributed by atoms with van der Waals surface area (Å²) in [7, 11) is 0. The van der Waals surface area contributed by atoms with Crippen molar-refractivity contribution in [1.29, 1.82) is 0 Å².